The van der Waals surface area contributed by atoms with Crippen LogP contribution in [-0.2, 0) is 9.47 Å². The molecule has 0 aromatic carbocycles. The number of ether oxygens (including phenoxy) is 2. The van der Waals surface area contributed by atoms with E-state index in [2.05, 4.69) is 25.3 Å². The molecule has 1 fully saturated rings. The molecular weight excluding hydrogens is 188 g/mol. The second kappa shape index (κ2) is 4.56. The fourth-order valence-corrected chi connectivity index (χ4v) is 2.88. The van der Waals surface area contributed by atoms with Crippen molar-refractivity contribution in [3.63, 3.8) is 0 Å². The van der Waals surface area contributed by atoms with Crippen LogP contribution in [0.1, 0.15) is 6.42 Å². The zero-order chi connectivity index (χ0) is 10.7. The quantitative estimate of drug-likeness (QED) is 0.491. The van der Waals surface area contributed by atoms with Crippen molar-refractivity contribution < 1.29 is 9.47 Å². The number of rotatable bonds is 6. The smallest absolute Gasteiger partial charge is 0.0910 e. The van der Waals surface area contributed by atoms with Crippen LogP contribution in [0.3, 0.4) is 0 Å². The van der Waals surface area contributed by atoms with Gasteiger partial charge in [0.25, 0.3) is 0 Å². The van der Waals surface area contributed by atoms with Crippen LogP contribution < -0.4 is 0 Å². The Balaban J connectivity index is 1.96. The third kappa shape index (κ3) is 1.94. The molecule has 15 heavy (non-hydrogen) atoms. The van der Waals surface area contributed by atoms with Crippen molar-refractivity contribution >= 4 is 0 Å². The first kappa shape index (κ1) is 10.3. The van der Waals surface area contributed by atoms with Crippen molar-refractivity contribution in [1.29, 1.82) is 0 Å². The lowest BCUT2D eigenvalue weighted by Crippen LogP contribution is -2.26. The molecule has 2 aliphatic carbocycles. The molecule has 0 aromatic heterocycles. The Morgan fingerprint density at radius 1 is 1.00 bits per heavy atom. The summed E-state index contributed by atoms with van der Waals surface area (Å²) in [5.41, 5.74) is 0. The fraction of sp³-hybridized carbons (Fsp3) is 0.538. The Bertz CT molecular complexity index is 244. The van der Waals surface area contributed by atoms with Gasteiger partial charge in [0.05, 0.1) is 25.7 Å². The highest BCUT2D eigenvalue weighted by Gasteiger charge is 2.44. The maximum absolute atomic E-state index is 5.33. The van der Waals surface area contributed by atoms with E-state index < -0.39 is 0 Å². The third-order valence-electron chi connectivity index (χ3n) is 3.61. The summed E-state index contributed by atoms with van der Waals surface area (Å²) in [4.78, 5) is 0. The fourth-order valence-electron chi connectivity index (χ4n) is 2.88. The highest BCUT2D eigenvalue weighted by molar-refractivity contribution is 5.13. The Hall–Kier alpha value is -1.18. The summed E-state index contributed by atoms with van der Waals surface area (Å²) in [7, 11) is 0. The zero-order valence-electron chi connectivity index (χ0n) is 8.97. The largest absolute Gasteiger partial charge is 0.501 e. The average Bonchev–Trinajstić information content (AvgIpc) is 2.83. The van der Waals surface area contributed by atoms with E-state index in [4.69, 9.17) is 9.47 Å². The molecule has 0 amide bonds. The van der Waals surface area contributed by atoms with Crippen molar-refractivity contribution in [3.8, 4) is 0 Å². The number of hydrogen-bond donors (Lipinski definition) is 0. The first-order valence-corrected chi connectivity index (χ1v) is 5.50. The van der Waals surface area contributed by atoms with Crippen molar-refractivity contribution in [2.75, 3.05) is 13.2 Å². The number of fused-ring (bicyclic) bond motifs is 2. The van der Waals surface area contributed by atoms with Gasteiger partial charge in [-0.25, -0.2) is 0 Å². The molecule has 0 aromatic rings. The summed E-state index contributed by atoms with van der Waals surface area (Å²) < 4.78 is 10.7. The van der Waals surface area contributed by atoms with Crippen LogP contribution >= 0.6 is 0 Å². The maximum Gasteiger partial charge on any atom is 0.0910 e. The molecule has 2 heteroatoms. The number of hydrogen-bond acceptors (Lipinski definition) is 2. The minimum Gasteiger partial charge on any atom is -0.501 e. The van der Waals surface area contributed by atoms with Gasteiger partial charge in [0.2, 0.25) is 0 Å². The van der Waals surface area contributed by atoms with Crippen molar-refractivity contribution in [1.82, 2.24) is 0 Å². The first-order valence-electron chi connectivity index (χ1n) is 5.50. The van der Waals surface area contributed by atoms with E-state index in [1.165, 1.54) is 18.9 Å². The number of allylic oxidation sites excluding steroid dienone is 2. The Morgan fingerprint density at radius 3 is 1.87 bits per heavy atom. The van der Waals surface area contributed by atoms with Crippen LogP contribution in [0.2, 0.25) is 0 Å². The van der Waals surface area contributed by atoms with Crippen molar-refractivity contribution in [3.05, 3.63) is 37.8 Å². The van der Waals surface area contributed by atoms with Gasteiger partial charge in [-0.15, -0.1) is 0 Å². The highest BCUT2D eigenvalue weighted by atomic mass is 16.5. The van der Waals surface area contributed by atoms with E-state index in [-0.39, 0.29) is 0 Å². The first-order chi connectivity index (χ1) is 7.36. The van der Waals surface area contributed by atoms with E-state index in [1.54, 1.807) is 0 Å². The molecule has 0 spiro atoms. The minimum atomic E-state index is 0.581. The predicted molar refractivity (Wildman–Crippen MR) is 60.0 cm³/mol. The summed E-state index contributed by atoms with van der Waals surface area (Å²) in [6.07, 6.45) is 8.97. The van der Waals surface area contributed by atoms with Crippen LogP contribution in [0.4, 0.5) is 0 Å². The molecule has 0 N–H and O–H groups in total. The third-order valence-corrected chi connectivity index (χ3v) is 3.61. The molecule has 0 heterocycles. The summed E-state index contributed by atoms with van der Waals surface area (Å²) in [5, 5.41) is 0. The molecule has 1 saturated carbocycles. The van der Waals surface area contributed by atoms with Gasteiger partial charge < -0.3 is 9.47 Å². The summed E-state index contributed by atoms with van der Waals surface area (Å²) in [6, 6.07) is 0. The Labute approximate surface area is 91.3 Å². The van der Waals surface area contributed by atoms with E-state index in [9.17, 15) is 0 Å². The zero-order valence-corrected chi connectivity index (χ0v) is 8.97. The summed E-state index contributed by atoms with van der Waals surface area (Å²) in [6.45, 7) is 8.69. The van der Waals surface area contributed by atoms with Gasteiger partial charge >= 0.3 is 0 Å². The molecule has 2 nitrogen and oxygen atoms in total. The standard InChI is InChI=1S/C13H18O2/c1-3-14-8-12-10-5-6-11(7-10)13(12)9-15-4-2/h3-6,10-13H,1-2,7-9H2. The SMILES string of the molecule is C=COCC1C2C=CC(C2)C1COC=C. The van der Waals surface area contributed by atoms with Crippen LogP contribution in [0.15, 0.2) is 37.8 Å². The average molecular weight is 206 g/mol. The molecule has 82 valence electrons. The second-order valence-electron chi connectivity index (χ2n) is 4.28. The van der Waals surface area contributed by atoms with Crippen LogP contribution in [0, 0.1) is 23.7 Å². The summed E-state index contributed by atoms with van der Waals surface area (Å²) >= 11 is 0. The normalized spacial score (nSPS) is 36.5. The van der Waals surface area contributed by atoms with Crippen LogP contribution in [-0.4, -0.2) is 13.2 Å². The lowest BCUT2D eigenvalue weighted by atomic mass is 9.84. The van der Waals surface area contributed by atoms with Crippen LogP contribution in [0.5, 0.6) is 0 Å². The Kier molecular flexibility index (Phi) is 3.14. The predicted octanol–water partition coefficient (Wildman–Crippen LogP) is 2.74. The molecule has 4 unspecified atom stereocenters. The van der Waals surface area contributed by atoms with Gasteiger partial charge in [0.1, 0.15) is 0 Å². The molecular formula is C13H18O2. The van der Waals surface area contributed by atoms with Gasteiger partial charge in [-0.2, -0.15) is 0 Å². The monoisotopic (exact) mass is 206 g/mol. The maximum atomic E-state index is 5.33. The van der Waals surface area contributed by atoms with E-state index in [0.29, 0.717) is 23.7 Å². The Morgan fingerprint density at radius 2 is 1.47 bits per heavy atom. The topological polar surface area (TPSA) is 18.5 Å². The van der Waals surface area contributed by atoms with Gasteiger partial charge in [-0.05, 0) is 18.3 Å². The van der Waals surface area contributed by atoms with Gasteiger partial charge in [0.15, 0.2) is 0 Å². The van der Waals surface area contributed by atoms with E-state index >= 15 is 0 Å². The lowest BCUT2D eigenvalue weighted by Gasteiger charge is -2.26. The molecule has 2 rings (SSSR count). The van der Waals surface area contributed by atoms with Crippen molar-refractivity contribution in [2.24, 2.45) is 23.7 Å². The van der Waals surface area contributed by atoms with Gasteiger partial charge in [-0.3, -0.25) is 0 Å². The molecule has 2 bridgehead atoms. The molecule has 0 aliphatic heterocycles. The van der Waals surface area contributed by atoms with E-state index in [0.717, 1.165) is 13.2 Å². The van der Waals surface area contributed by atoms with Gasteiger partial charge in [-0.1, -0.05) is 25.3 Å². The van der Waals surface area contributed by atoms with Gasteiger partial charge in [0, 0.05) is 11.8 Å². The van der Waals surface area contributed by atoms with Crippen molar-refractivity contribution in [2.45, 2.75) is 6.42 Å². The second-order valence-corrected chi connectivity index (χ2v) is 4.28. The molecule has 0 saturated heterocycles. The minimum absolute atomic E-state index is 0.581. The molecule has 2 aliphatic rings. The summed E-state index contributed by atoms with van der Waals surface area (Å²) in [5.74, 6) is 2.51. The van der Waals surface area contributed by atoms with E-state index in [1.807, 2.05) is 0 Å². The highest BCUT2D eigenvalue weighted by Crippen LogP contribution is 2.48. The lowest BCUT2D eigenvalue weighted by molar-refractivity contribution is 0.0944. The van der Waals surface area contributed by atoms with Crippen LogP contribution in [0.25, 0.3) is 0 Å². The molecule has 4 atom stereocenters. The molecule has 0 radical (unpaired) electrons.